The standard InChI is InChI=1S/C21H24O6/c1-23-13-15-11-16(24-2)12-20(27-5)21(15)17(22)8-6-14-7-9-18(25-3)19(10-14)26-4/h6-12H,13H2,1-5H3/b8-6+. The van der Waals surface area contributed by atoms with Gasteiger partial charge in [-0.15, -0.1) is 0 Å². The fraction of sp³-hybridized carbons (Fsp3) is 0.286. The number of rotatable bonds is 9. The molecule has 144 valence electrons. The molecule has 0 aliphatic heterocycles. The summed E-state index contributed by atoms with van der Waals surface area (Å²) in [4.78, 5) is 12.9. The number of allylic oxidation sites excluding steroid dienone is 1. The van der Waals surface area contributed by atoms with Crippen molar-refractivity contribution in [3.8, 4) is 23.0 Å². The van der Waals surface area contributed by atoms with Gasteiger partial charge in [0.15, 0.2) is 17.3 Å². The summed E-state index contributed by atoms with van der Waals surface area (Å²) in [5, 5.41) is 0. The van der Waals surface area contributed by atoms with Crippen LogP contribution in [0.15, 0.2) is 36.4 Å². The van der Waals surface area contributed by atoms with Gasteiger partial charge in [-0.2, -0.15) is 0 Å². The minimum atomic E-state index is -0.198. The summed E-state index contributed by atoms with van der Waals surface area (Å²) in [7, 11) is 7.78. The summed E-state index contributed by atoms with van der Waals surface area (Å²) in [5.74, 6) is 2.05. The van der Waals surface area contributed by atoms with Crippen LogP contribution in [0.3, 0.4) is 0 Å². The van der Waals surface area contributed by atoms with E-state index in [0.29, 0.717) is 34.1 Å². The second-order valence-corrected chi connectivity index (χ2v) is 5.61. The molecule has 2 aromatic rings. The summed E-state index contributed by atoms with van der Waals surface area (Å²) >= 11 is 0. The summed E-state index contributed by atoms with van der Waals surface area (Å²) in [5.41, 5.74) is 1.94. The Morgan fingerprint density at radius 1 is 0.852 bits per heavy atom. The van der Waals surface area contributed by atoms with Gasteiger partial charge in [-0.25, -0.2) is 0 Å². The molecule has 0 aromatic heterocycles. The Bertz CT molecular complexity index is 826. The lowest BCUT2D eigenvalue weighted by molar-refractivity contribution is 0.103. The normalized spacial score (nSPS) is 10.7. The molecule has 6 heteroatoms. The Hall–Kier alpha value is -2.99. The first kappa shape index (κ1) is 20.3. The van der Waals surface area contributed by atoms with E-state index in [1.165, 1.54) is 13.2 Å². The van der Waals surface area contributed by atoms with E-state index in [9.17, 15) is 4.79 Å². The van der Waals surface area contributed by atoms with Crippen LogP contribution in [0.25, 0.3) is 6.08 Å². The van der Waals surface area contributed by atoms with E-state index in [4.69, 9.17) is 23.7 Å². The van der Waals surface area contributed by atoms with E-state index in [-0.39, 0.29) is 12.4 Å². The third-order valence-electron chi connectivity index (χ3n) is 3.99. The van der Waals surface area contributed by atoms with Crippen molar-refractivity contribution in [2.75, 3.05) is 35.5 Å². The Kier molecular flexibility index (Phi) is 7.25. The minimum Gasteiger partial charge on any atom is -0.497 e. The molecule has 0 unspecified atom stereocenters. The maximum absolute atomic E-state index is 12.9. The van der Waals surface area contributed by atoms with Crippen molar-refractivity contribution in [1.29, 1.82) is 0 Å². The summed E-state index contributed by atoms with van der Waals surface area (Å²) < 4.78 is 26.4. The van der Waals surface area contributed by atoms with Crippen molar-refractivity contribution in [1.82, 2.24) is 0 Å². The fourth-order valence-corrected chi connectivity index (χ4v) is 2.68. The van der Waals surface area contributed by atoms with E-state index in [2.05, 4.69) is 0 Å². The highest BCUT2D eigenvalue weighted by molar-refractivity contribution is 6.09. The molecule has 0 atom stereocenters. The number of carbonyl (C=O) groups is 1. The number of benzene rings is 2. The second kappa shape index (κ2) is 9.64. The van der Waals surface area contributed by atoms with Crippen molar-refractivity contribution >= 4 is 11.9 Å². The first-order valence-corrected chi connectivity index (χ1v) is 8.26. The van der Waals surface area contributed by atoms with Gasteiger partial charge < -0.3 is 23.7 Å². The number of hydrogen-bond donors (Lipinski definition) is 0. The van der Waals surface area contributed by atoms with Crippen LogP contribution in [0.4, 0.5) is 0 Å². The quantitative estimate of drug-likeness (QED) is 0.493. The third kappa shape index (κ3) is 4.80. The molecule has 6 nitrogen and oxygen atoms in total. The molecule has 2 rings (SSSR count). The van der Waals surface area contributed by atoms with Crippen LogP contribution in [-0.2, 0) is 11.3 Å². The van der Waals surface area contributed by atoms with E-state index in [1.807, 2.05) is 6.07 Å². The van der Waals surface area contributed by atoms with Crippen LogP contribution in [0.5, 0.6) is 23.0 Å². The van der Waals surface area contributed by atoms with Gasteiger partial charge in [0, 0.05) is 13.2 Å². The van der Waals surface area contributed by atoms with E-state index in [0.717, 1.165) is 5.56 Å². The number of carbonyl (C=O) groups excluding carboxylic acids is 1. The monoisotopic (exact) mass is 372 g/mol. The van der Waals surface area contributed by atoms with Crippen LogP contribution in [0.2, 0.25) is 0 Å². The minimum absolute atomic E-state index is 0.198. The molecule has 0 saturated heterocycles. The van der Waals surface area contributed by atoms with Gasteiger partial charge in [0.2, 0.25) is 0 Å². The SMILES string of the molecule is COCc1cc(OC)cc(OC)c1C(=O)/C=C/c1ccc(OC)c(OC)c1. The Morgan fingerprint density at radius 2 is 1.56 bits per heavy atom. The summed E-state index contributed by atoms with van der Waals surface area (Å²) in [6, 6.07) is 8.86. The predicted octanol–water partition coefficient (Wildman–Crippen LogP) is 3.76. The summed E-state index contributed by atoms with van der Waals surface area (Å²) in [6.07, 6.45) is 3.20. The lowest BCUT2D eigenvalue weighted by Gasteiger charge is -2.13. The van der Waals surface area contributed by atoms with E-state index in [1.54, 1.807) is 58.8 Å². The molecule has 0 fully saturated rings. The number of ketones is 1. The van der Waals surface area contributed by atoms with Crippen LogP contribution in [0, 0.1) is 0 Å². The topological polar surface area (TPSA) is 63.2 Å². The van der Waals surface area contributed by atoms with Crippen molar-refractivity contribution in [3.05, 3.63) is 53.1 Å². The van der Waals surface area contributed by atoms with Crippen molar-refractivity contribution in [3.63, 3.8) is 0 Å². The van der Waals surface area contributed by atoms with Gasteiger partial charge >= 0.3 is 0 Å². The second-order valence-electron chi connectivity index (χ2n) is 5.61. The van der Waals surface area contributed by atoms with Crippen LogP contribution < -0.4 is 18.9 Å². The largest absolute Gasteiger partial charge is 0.497 e. The molecular weight excluding hydrogens is 348 g/mol. The summed E-state index contributed by atoms with van der Waals surface area (Å²) in [6.45, 7) is 0.263. The molecule has 0 aliphatic rings. The average Bonchev–Trinajstić information content (AvgIpc) is 2.71. The van der Waals surface area contributed by atoms with Gasteiger partial charge in [0.1, 0.15) is 11.5 Å². The lowest BCUT2D eigenvalue weighted by Crippen LogP contribution is -2.06. The zero-order valence-electron chi connectivity index (χ0n) is 16.2. The van der Waals surface area contributed by atoms with Gasteiger partial charge in [0.05, 0.1) is 40.6 Å². The molecular formula is C21H24O6. The first-order chi connectivity index (χ1) is 13.1. The highest BCUT2D eigenvalue weighted by Crippen LogP contribution is 2.31. The maximum atomic E-state index is 12.9. The average molecular weight is 372 g/mol. The Morgan fingerprint density at radius 3 is 2.15 bits per heavy atom. The van der Waals surface area contributed by atoms with Gasteiger partial charge in [0.25, 0.3) is 0 Å². The molecule has 0 aliphatic carbocycles. The van der Waals surface area contributed by atoms with Crippen LogP contribution in [-0.4, -0.2) is 41.3 Å². The highest BCUT2D eigenvalue weighted by atomic mass is 16.5. The molecule has 0 heterocycles. The molecule has 0 N–H and O–H groups in total. The Balaban J connectivity index is 2.38. The number of ether oxygens (including phenoxy) is 5. The highest BCUT2D eigenvalue weighted by Gasteiger charge is 2.17. The van der Waals surface area contributed by atoms with E-state index < -0.39 is 0 Å². The first-order valence-electron chi connectivity index (χ1n) is 8.26. The molecule has 0 saturated carbocycles. The third-order valence-corrected chi connectivity index (χ3v) is 3.99. The van der Waals surface area contributed by atoms with Gasteiger partial charge in [-0.1, -0.05) is 12.1 Å². The molecule has 2 aromatic carbocycles. The van der Waals surface area contributed by atoms with Crippen molar-refractivity contribution in [2.45, 2.75) is 6.61 Å². The maximum Gasteiger partial charge on any atom is 0.189 e. The number of methoxy groups -OCH3 is 5. The Labute approximate surface area is 159 Å². The zero-order chi connectivity index (χ0) is 19.8. The van der Waals surface area contributed by atoms with Crippen LogP contribution in [0.1, 0.15) is 21.5 Å². The van der Waals surface area contributed by atoms with Crippen LogP contribution >= 0.6 is 0 Å². The smallest absolute Gasteiger partial charge is 0.189 e. The molecule has 0 spiro atoms. The molecule has 0 amide bonds. The lowest BCUT2D eigenvalue weighted by atomic mass is 10.0. The van der Waals surface area contributed by atoms with Crippen molar-refractivity contribution < 1.29 is 28.5 Å². The van der Waals surface area contributed by atoms with Gasteiger partial charge in [-0.3, -0.25) is 4.79 Å². The molecule has 0 bridgehead atoms. The fourth-order valence-electron chi connectivity index (χ4n) is 2.68. The predicted molar refractivity (Wildman–Crippen MR) is 103 cm³/mol. The van der Waals surface area contributed by atoms with Gasteiger partial charge in [-0.05, 0) is 35.4 Å². The zero-order valence-corrected chi connectivity index (χ0v) is 16.2. The molecule has 0 radical (unpaired) electrons. The van der Waals surface area contributed by atoms with Crippen molar-refractivity contribution in [2.24, 2.45) is 0 Å². The molecule has 27 heavy (non-hydrogen) atoms. The van der Waals surface area contributed by atoms with E-state index >= 15 is 0 Å². The number of hydrogen-bond acceptors (Lipinski definition) is 6.